The number of piperidine rings is 1. The normalized spacial score (nSPS) is 24.8. The van der Waals surface area contributed by atoms with Crippen LogP contribution in [0.4, 0.5) is 5.13 Å². The lowest BCUT2D eigenvalue weighted by atomic mass is 9.89. The number of carboxylic acids is 1. The number of carbonyl (C=O) groups is 1. The first-order valence-electron chi connectivity index (χ1n) is 7.55. The Hall–Kier alpha value is -1.17. The first-order chi connectivity index (χ1) is 9.74. The monoisotopic (exact) mass is 295 g/mol. The molecule has 0 bridgehead atoms. The highest BCUT2D eigenvalue weighted by atomic mass is 32.1. The maximum Gasteiger partial charge on any atom is 0.308 e. The van der Waals surface area contributed by atoms with Crippen LogP contribution < -0.4 is 4.90 Å². The maximum atomic E-state index is 11.1. The van der Waals surface area contributed by atoms with Crippen molar-refractivity contribution in [2.75, 3.05) is 18.0 Å². The van der Waals surface area contributed by atoms with E-state index in [1.54, 1.807) is 0 Å². The van der Waals surface area contributed by atoms with E-state index in [0.717, 1.165) is 30.3 Å². The summed E-state index contributed by atoms with van der Waals surface area (Å²) in [5, 5.41) is 10.1. The van der Waals surface area contributed by atoms with Crippen molar-refractivity contribution in [2.24, 2.45) is 5.92 Å². The van der Waals surface area contributed by atoms with Gasteiger partial charge in [0.15, 0.2) is 0 Å². The highest BCUT2D eigenvalue weighted by Crippen LogP contribution is 2.33. The minimum Gasteiger partial charge on any atom is -0.481 e. The summed E-state index contributed by atoms with van der Waals surface area (Å²) in [4.78, 5) is 17.9. The largest absolute Gasteiger partial charge is 0.481 e. The molecule has 1 aromatic rings. The summed E-state index contributed by atoms with van der Waals surface area (Å²) in [5.41, 5.74) is 0. The van der Waals surface area contributed by atoms with Crippen molar-refractivity contribution in [3.05, 3.63) is 5.82 Å². The number of hydrogen-bond donors (Lipinski definition) is 1. The van der Waals surface area contributed by atoms with E-state index in [1.165, 1.54) is 43.6 Å². The predicted molar refractivity (Wildman–Crippen MR) is 78.3 cm³/mol. The molecule has 20 heavy (non-hydrogen) atoms. The van der Waals surface area contributed by atoms with Crippen LogP contribution in [0.5, 0.6) is 0 Å². The summed E-state index contributed by atoms with van der Waals surface area (Å²) in [6.45, 7) is 1.48. The molecule has 1 saturated carbocycles. The molecule has 1 N–H and O–H groups in total. The third-order valence-corrected chi connectivity index (χ3v) is 5.23. The molecule has 2 heterocycles. The van der Waals surface area contributed by atoms with E-state index in [1.807, 2.05) is 0 Å². The predicted octanol–water partition coefficient (Wildman–Crippen LogP) is 2.89. The van der Waals surface area contributed by atoms with Crippen LogP contribution in [0.2, 0.25) is 0 Å². The second-order valence-corrected chi connectivity index (χ2v) is 6.62. The lowest BCUT2D eigenvalue weighted by Crippen LogP contribution is -2.38. The van der Waals surface area contributed by atoms with Gasteiger partial charge in [0.25, 0.3) is 0 Å². The Balaban J connectivity index is 1.68. The van der Waals surface area contributed by atoms with Gasteiger partial charge in [0, 0.05) is 30.5 Å². The van der Waals surface area contributed by atoms with Crippen molar-refractivity contribution in [1.29, 1.82) is 0 Å². The number of aliphatic carboxylic acids is 1. The number of nitrogens with zero attached hydrogens (tertiary/aromatic N) is 3. The molecule has 0 amide bonds. The summed E-state index contributed by atoms with van der Waals surface area (Å²) in [5.74, 6) is 0.563. The molecule has 0 spiro atoms. The summed E-state index contributed by atoms with van der Waals surface area (Å²) in [6, 6.07) is 0. The van der Waals surface area contributed by atoms with Crippen LogP contribution in [-0.2, 0) is 4.79 Å². The highest BCUT2D eigenvalue weighted by molar-refractivity contribution is 7.09. The molecular formula is C14H21N3O2S. The zero-order chi connectivity index (χ0) is 13.9. The zero-order valence-electron chi connectivity index (χ0n) is 11.6. The fourth-order valence-corrected chi connectivity index (χ4v) is 4.01. The maximum absolute atomic E-state index is 11.1. The van der Waals surface area contributed by atoms with Crippen molar-refractivity contribution in [3.63, 3.8) is 0 Å². The number of aromatic nitrogens is 2. The van der Waals surface area contributed by atoms with Gasteiger partial charge in [-0.05, 0) is 25.7 Å². The summed E-state index contributed by atoms with van der Waals surface area (Å²) in [7, 11) is 0. The summed E-state index contributed by atoms with van der Waals surface area (Å²) >= 11 is 1.44. The third kappa shape index (κ3) is 2.95. The van der Waals surface area contributed by atoms with Gasteiger partial charge >= 0.3 is 5.97 Å². The molecular weight excluding hydrogens is 274 g/mol. The van der Waals surface area contributed by atoms with Gasteiger partial charge in [0.2, 0.25) is 5.13 Å². The lowest BCUT2D eigenvalue weighted by Gasteiger charge is -2.30. The van der Waals surface area contributed by atoms with Gasteiger partial charge in [-0.3, -0.25) is 4.79 Å². The van der Waals surface area contributed by atoms with Gasteiger partial charge in [-0.25, -0.2) is 4.98 Å². The van der Waals surface area contributed by atoms with Crippen molar-refractivity contribution >= 4 is 22.6 Å². The molecule has 1 aliphatic heterocycles. The van der Waals surface area contributed by atoms with E-state index in [2.05, 4.69) is 9.27 Å². The highest BCUT2D eigenvalue weighted by Gasteiger charge is 2.28. The van der Waals surface area contributed by atoms with Crippen molar-refractivity contribution < 1.29 is 9.90 Å². The van der Waals surface area contributed by atoms with Crippen LogP contribution in [-0.4, -0.2) is 33.5 Å². The van der Waals surface area contributed by atoms with E-state index in [0.29, 0.717) is 12.5 Å². The minimum atomic E-state index is -0.688. The van der Waals surface area contributed by atoms with Gasteiger partial charge in [0.1, 0.15) is 5.82 Å². The molecule has 1 saturated heterocycles. The van der Waals surface area contributed by atoms with Crippen LogP contribution in [0.15, 0.2) is 0 Å². The molecule has 5 nitrogen and oxygen atoms in total. The molecule has 2 aliphatic rings. The molecule has 1 aromatic heterocycles. The number of carboxylic acid groups (broad SMARTS) is 1. The van der Waals surface area contributed by atoms with Crippen LogP contribution >= 0.6 is 11.5 Å². The van der Waals surface area contributed by atoms with E-state index in [-0.39, 0.29) is 5.92 Å². The Morgan fingerprint density at radius 1 is 1.20 bits per heavy atom. The molecule has 110 valence electrons. The van der Waals surface area contributed by atoms with E-state index >= 15 is 0 Å². The second-order valence-electron chi connectivity index (χ2n) is 5.89. The average Bonchev–Trinajstić information content (AvgIpc) is 2.98. The van der Waals surface area contributed by atoms with Crippen LogP contribution in [0.1, 0.15) is 56.7 Å². The summed E-state index contributed by atoms with van der Waals surface area (Å²) < 4.78 is 4.53. The Kier molecular flexibility index (Phi) is 4.19. The fourth-order valence-electron chi connectivity index (χ4n) is 3.23. The SMILES string of the molecule is O=C(O)C1CCCN(c2nc(C3CCCCC3)ns2)C1. The number of anilines is 1. The van der Waals surface area contributed by atoms with E-state index in [9.17, 15) is 4.79 Å². The minimum absolute atomic E-state index is 0.259. The van der Waals surface area contributed by atoms with Crippen LogP contribution in [0, 0.1) is 5.92 Å². The molecule has 0 aromatic carbocycles. The third-order valence-electron chi connectivity index (χ3n) is 4.44. The van der Waals surface area contributed by atoms with E-state index in [4.69, 9.17) is 10.1 Å². The lowest BCUT2D eigenvalue weighted by molar-refractivity contribution is -0.141. The number of rotatable bonds is 3. The van der Waals surface area contributed by atoms with Gasteiger partial charge in [-0.1, -0.05) is 19.3 Å². The Labute approximate surface area is 123 Å². The standard InChI is InChI=1S/C14H21N3O2S/c18-13(19)11-7-4-8-17(9-11)14-15-12(16-20-14)10-5-2-1-3-6-10/h10-11H,1-9H2,(H,18,19). The molecule has 3 rings (SSSR count). The molecule has 2 fully saturated rings. The molecule has 1 unspecified atom stereocenters. The molecule has 0 radical (unpaired) electrons. The van der Waals surface area contributed by atoms with Crippen molar-refractivity contribution in [3.8, 4) is 0 Å². The Morgan fingerprint density at radius 3 is 2.75 bits per heavy atom. The fraction of sp³-hybridized carbons (Fsp3) is 0.786. The van der Waals surface area contributed by atoms with Gasteiger partial charge in [-0.15, -0.1) is 0 Å². The smallest absolute Gasteiger partial charge is 0.308 e. The summed E-state index contributed by atoms with van der Waals surface area (Å²) in [6.07, 6.45) is 8.01. The molecule has 1 aliphatic carbocycles. The Morgan fingerprint density at radius 2 is 2.00 bits per heavy atom. The Bertz CT molecular complexity index is 471. The average molecular weight is 295 g/mol. The first-order valence-corrected chi connectivity index (χ1v) is 8.33. The van der Waals surface area contributed by atoms with Gasteiger partial charge in [-0.2, -0.15) is 4.37 Å². The van der Waals surface area contributed by atoms with Gasteiger partial charge in [0.05, 0.1) is 5.92 Å². The molecule has 6 heteroatoms. The van der Waals surface area contributed by atoms with Crippen molar-refractivity contribution in [2.45, 2.75) is 50.9 Å². The van der Waals surface area contributed by atoms with Crippen molar-refractivity contribution in [1.82, 2.24) is 9.36 Å². The van der Waals surface area contributed by atoms with Gasteiger partial charge < -0.3 is 10.0 Å². The molecule has 1 atom stereocenters. The number of hydrogen-bond acceptors (Lipinski definition) is 5. The topological polar surface area (TPSA) is 66.3 Å². The van der Waals surface area contributed by atoms with Crippen LogP contribution in [0.25, 0.3) is 0 Å². The zero-order valence-corrected chi connectivity index (χ0v) is 12.4. The second kappa shape index (κ2) is 6.08. The quantitative estimate of drug-likeness (QED) is 0.928. The first kappa shape index (κ1) is 13.8. The van der Waals surface area contributed by atoms with Crippen LogP contribution in [0.3, 0.4) is 0 Å². The van der Waals surface area contributed by atoms with E-state index < -0.39 is 5.97 Å².